The highest BCUT2D eigenvalue weighted by Crippen LogP contribution is 2.26. The number of carbonyl (C=O) groups excluding carboxylic acids is 2. The van der Waals surface area contributed by atoms with Crippen LogP contribution in [0.25, 0.3) is 0 Å². The fourth-order valence-electron chi connectivity index (χ4n) is 5.47. The second kappa shape index (κ2) is 14.3. The number of rotatable bonds is 11. The first-order chi connectivity index (χ1) is 17.9. The van der Waals surface area contributed by atoms with E-state index in [1.807, 2.05) is 55.4 Å². The first kappa shape index (κ1) is 32.8. The van der Waals surface area contributed by atoms with Crippen molar-refractivity contribution in [3.05, 3.63) is 71.8 Å². The Bertz CT molecular complexity index is 972. The summed E-state index contributed by atoms with van der Waals surface area (Å²) in [5.41, 5.74) is 1.56. The van der Waals surface area contributed by atoms with Crippen LogP contribution in [0.2, 0.25) is 0 Å². The zero-order chi connectivity index (χ0) is 27.9. The Morgan fingerprint density at radius 1 is 0.744 bits per heavy atom. The van der Waals surface area contributed by atoms with Crippen molar-refractivity contribution in [3.63, 3.8) is 0 Å². The predicted molar refractivity (Wildman–Crippen MR) is 161 cm³/mol. The maximum Gasteiger partial charge on any atom is 0.236 e. The lowest BCUT2D eigenvalue weighted by Crippen LogP contribution is -2.57. The van der Waals surface area contributed by atoms with Gasteiger partial charge in [0.2, 0.25) is 11.8 Å². The molecule has 0 bridgehead atoms. The monoisotopic (exact) mass is 557 g/mol. The number of hydrogen-bond acceptors (Lipinski definition) is 4. The van der Waals surface area contributed by atoms with Crippen molar-refractivity contribution in [3.8, 4) is 0 Å². The van der Waals surface area contributed by atoms with E-state index in [1.165, 1.54) is 11.1 Å². The lowest BCUT2D eigenvalue weighted by molar-refractivity contribution is -0.141. The number of amides is 2. The summed E-state index contributed by atoms with van der Waals surface area (Å²) in [5.74, 6) is -0.0783. The third-order valence-electron chi connectivity index (χ3n) is 8.36. The zero-order valence-corrected chi connectivity index (χ0v) is 25.4. The molecule has 0 aromatic heterocycles. The van der Waals surface area contributed by atoms with Crippen molar-refractivity contribution in [1.29, 1.82) is 0 Å². The number of aliphatic hydroxyl groups excluding tert-OH is 1. The fourth-order valence-corrected chi connectivity index (χ4v) is 5.47. The molecule has 6 nitrogen and oxygen atoms in total. The minimum Gasteiger partial charge on any atom is -0.391 e. The molecule has 2 amide bonds. The molecule has 3 rings (SSSR count). The van der Waals surface area contributed by atoms with Gasteiger partial charge in [0.1, 0.15) is 0 Å². The molecule has 2 unspecified atom stereocenters. The van der Waals surface area contributed by atoms with Crippen LogP contribution < -0.4 is 0 Å². The summed E-state index contributed by atoms with van der Waals surface area (Å²) in [4.78, 5) is 32.7. The number of hydrogen-bond donors (Lipinski definition) is 1. The molecule has 1 fully saturated rings. The van der Waals surface area contributed by atoms with Gasteiger partial charge >= 0.3 is 0 Å². The summed E-state index contributed by atoms with van der Waals surface area (Å²) in [6, 6.07) is 20.2. The first-order valence-electron chi connectivity index (χ1n) is 13.9. The molecule has 7 heteroatoms. The number of carbonyl (C=O) groups is 2. The molecule has 39 heavy (non-hydrogen) atoms. The van der Waals surface area contributed by atoms with E-state index in [4.69, 9.17) is 0 Å². The number of aliphatic hydroxyl groups is 1. The van der Waals surface area contributed by atoms with Gasteiger partial charge in [0, 0.05) is 31.2 Å². The maximum atomic E-state index is 13.6. The van der Waals surface area contributed by atoms with E-state index in [2.05, 4.69) is 52.0 Å². The van der Waals surface area contributed by atoms with Crippen LogP contribution >= 0.6 is 12.4 Å². The largest absolute Gasteiger partial charge is 0.391 e. The molecule has 0 spiro atoms. The lowest BCUT2D eigenvalue weighted by Gasteiger charge is -2.42. The summed E-state index contributed by atoms with van der Waals surface area (Å²) in [6.07, 6.45) is 4.39. The molecule has 1 aliphatic carbocycles. The van der Waals surface area contributed by atoms with E-state index in [9.17, 15) is 14.7 Å². The van der Waals surface area contributed by atoms with Crippen LogP contribution in [0.3, 0.4) is 0 Å². The minimum absolute atomic E-state index is 0. The van der Waals surface area contributed by atoms with Gasteiger partial charge in [0.05, 0.1) is 19.2 Å². The minimum atomic E-state index is -0.533. The average Bonchev–Trinajstić information content (AvgIpc) is 2.88. The van der Waals surface area contributed by atoms with Gasteiger partial charge in [-0.15, -0.1) is 12.4 Å². The van der Waals surface area contributed by atoms with E-state index >= 15 is 0 Å². The van der Waals surface area contributed by atoms with Gasteiger partial charge in [-0.05, 0) is 64.5 Å². The highest BCUT2D eigenvalue weighted by molar-refractivity contribution is 5.85. The molecule has 1 N–H and O–H groups in total. The van der Waals surface area contributed by atoms with Gasteiger partial charge in [0.15, 0.2) is 0 Å². The van der Waals surface area contributed by atoms with Gasteiger partial charge in [-0.2, -0.15) is 0 Å². The Morgan fingerprint density at radius 3 is 1.51 bits per heavy atom. The molecule has 0 aliphatic heterocycles. The summed E-state index contributed by atoms with van der Waals surface area (Å²) >= 11 is 0. The van der Waals surface area contributed by atoms with E-state index in [0.717, 1.165) is 32.1 Å². The second-order valence-corrected chi connectivity index (χ2v) is 12.2. The van der Waals surface area contributed by atoms with Crippen molar-refractivity contribution >= 4 is 24.2 Å². The van der Waals surface area contributed by atoms with Crippen LogP contribution in [0.1, 0.15) is 64.5 Å². The van der Waals surface area contributed by atoms with Gasteiger partial charge in [-0.3, -0.25) is 14.5 Å². The summed E-state index contributed by atoms with van der Waals surface area (Å²) in [7, 11) is 3.69. The van der Waals surface area contributed by atoms with E-state index in [1.54, 1.807) is 9.80 Å². The molecule has 2 aromatic carbocycles. The highest BCUT2D eigenvalue weighted by Gasteiger charge is 2.36. The lowest BCUT2D eigenvalue weighted by atomic mass is 9.90. The van der Waals surface area contributed by atoms with Gasteiger partial charge in [-0.1, -0.05) is 73.5 Å². The maximum absolute atomic E-state index is 13.6. The Kier molecular flexibility index (Phi) is 12.0. The van der Waals surface area contributed by atoms with Crippen LogP contribution in [0.5, 0.6) is 0 Å². The normalized spacial score (nSPS) is 17.8. The van der Waals surface area contributed by atoms with Gasteiger partial charge in [-0.25, -0.2) is 0 Å². The van der Waals surface area contributed by atoms with E-state index in [0.29, 0.717) is 6.42 Å². The van der Waals surface area contributed by atoms with Crippen LogP contribution in [-0.2, 0) is 22.4 Å². The summed E-state index contributed by atoms with van der Waals surface area (Å²) in [6.45, 7) is 8.50. The Balaban J connectivity index is 0.00000533. The molecule has 0 saturated heterocycles. The molecule has 2 aromatic rings. The van der Waals surface area contributed by atoms with Crippen LogP contribution in [0.4, 0.5) is 0 Å². The first-order valence-corrected chi connectivity index (χ1v) is 13.9. The summed E-state index contributed by atoms with van der Waals surface area (Å²) in [5, 5.41) is 10.9. The third-order valence-corrected chi connectivity index (χ3v) is 8.36. The number of halogens is 1. The smallest absolute Gasteiger partial charge is 0.236 e. The molecule has 1 aliphatic rings. The predicted octanol–water partition coefficient (Wildman–Crippen LogP) is 4.97. The van der Waals surface area contributed by atoms with Crippen molar-refractivity contribution in [2.45, 2.75) is 89.4 Å². The number of benzene rings is 2. The Hall–Kier alpha value is -2.41. The molecule has 1 saturated carbocycles. The van der Waals surface area contributed by atoms with Gasteiger partial charge < -0.3 is 14.9 Å². The Labute approximate surface area is 241 Å². The van der Waals surface area contributed by atoms with Crippen molar-refractivity contribution < 1.29 is 14.7 Å². The van der Waals surface area contributed by atoms with Crippen LogP contribution in [0, 0.1) is 0 Å². The van der Waals surface area contributed by atoms with Crippen LogP contribution in [0.15, 0.2) is 60.7 Å². The summed E-state index contributed by atoms with van der Waals surface area (Å²) < 4.78 is 0. The van der Waals surface area contributed by atoms with Crippen LogP contribution in [-0.4, -0.2) is 82.0 Å². The zero-order valence-electron chi connectivity index (χ0n) is 24.6. The molecule has 216 valence electrons. The number of nitrogens with zero attached hydrogens (tertiary/aromatic N) is 3. The van der Waals surface area contributed by atoms with Crippen molar-refractivity contribution in [1.82, 2.24) is 14.7 Å². The molecular weight excluding hydrogens is 510 g/mol. The molecular formula is C32H48ClN3O3. The molecule has 0 radical (unpaired) electrons. The van der Waals surface area contributed by atoms with E-state index < -0.39 is 17.2 Å². The van der Waals surface area contributed by atoms with E-state index in [-0.39, 0.29) is 43.4 Å². The second-order valence-electron chi connectivity index (χ2n) is 12.2. The standard InChI is InChI=1S/C32H47N3O3.ClH/c1-31(2,21-25-15-9-7-10-16-25)33(5)29(37)23-35(27-19-13-14-20-28(27)36)24-30(38)34(6)32(3,4)22-26-17-11-8-12-18-26;/h7-12,15-18,27-28,36H,13-14,19-24H2,1-6H3;1H. The average molecular weight is 558 g/mol. The quantitative estimate of drug-likeness (QED) is 0.423. The molecule has 0 heterocycles. The SMILES string of the molecule is CN(C(=O)CN(CC(=O)N(C)C(C)(C)Cc1ccccc1)C1CCCCC1O)C(C)(C)Cc1ccccc1.Cl. The third kappa shape index (κ3) is 9.06. The van der Waals surface area contributed by atoms with Crippen molar-refractivity contribution in [2.24, 2.45) is 0 Å². The fraction of sp³-hybridized carbons (Fsp3) is 0.562. The number of likely N-dealkylation sites (N-methyl/N-ethyl adjacent to an activating group) is 2. The van der Waals surface area contributed by atoms with Crippen molar-refractivity contribution in [2.75, 3.05) is 27.2 Å². The topological polar surface area (TPSA) is 64.1 Å². The van der Waals surface area contributed by atoms with Gasteiger partial charge in [0.25, 0.3) is 0 Å². The molecule has 2 atom stereocenters. The highest BCUT2D eigenvalue weighted by atomic mass is 35.5. The Morgan fingerprint density at radius 2 is 1.13 bits per heavy atom.